The maximum absolute atomic E-state index is 12.8. The highest BCUT2D eigenvalue weighted by Gasteiger charge is 2.27. The number of carbonyl (C=O) groups excluding carboxylic acids is 3. The van der Waals surface area contributed by atoms with Crippen molar-refractivity contribution in [2.24, 2.45) is 0 Å². The van der Waals surface area contributed by atoms with Gasteiger partial charge in [0.2, 0.25) is 10.0 Å². The van der Waals surface area contributed by atoms with Crippen molar-refractivity contribution >= 4 is 33.6 Å². The average Bonchev–Trinajstić information content (AvgIpc) is 3.21. The fraction of sp³-hybridized carbons (Fsp3) is 0.500. The van der Waals surface area contributed by atoms with Crippen LogP contribution >= 0.6 is 0 Å². The summed E-state index contributed by atoms with van der Waals surface area (Å²) in [5.41, 5.74) is 0.596. The highest BCUT2D eigenvalue weighted by atomic mass is 32.2. The number of imide groups is 1. The van der Waals surface area contributed by atoms with Gasteiger partial charge in [0.05, 0.1) is 16.1 Å². The Morgan fingerprint density at radius 3 is 2.34 bits per heavy atom. The molecule has 0 spiro atoms. The Morgan fingerprint density at radius 1 is 1.17 bits per heavy atom. The van der Waals surface area contributed by atoms with Crippen LogP contribution < -0.4 is 15.5 Å². The molecule has 1 unspecified atom stereocenters. The Labute approximate surface area is 170 Å². The van der Waals surface area contributed by atoms with Gasteiger partial charge in [-0.3, -0.25) is 10.1 Å². The van der Waals surface area contributed by atoms with E-state index in [4.69, 9.17) is 4.74 Å². The van der Waals surface area contributed by atoms with Gasteiger partial charge in [0, 0.05) is 34.2 Å². The Hall–Kier alpha value is -2.66. The summed E-state index contributed by atoms with van der Waals surface area (Å²) in [4.78, 5) is 38.0. The van der Waals surface area contributed by atoms with Crippen molar-refractivity contribution < 1.29 is 27.5 Å². The molecule has 160 valence electrons. The van der Waals surface area contributed by atoms with Crippen LogP contribution in [0.1, 0.15) is 30.1 Å². The minimum absolute atomic E-state index is 0.0504. The maximum Gasteiger partial charge on any atom is 0.341 e. The van der Waals surface area contributed by atoms with Crippen molar-refractivity contribution in [1.29, 1.82) is 0 Å². The van der Waals surface area contributed by atoms with Crippen molar-refractivity contribution in [2.45, 2.75) is 30.8 Å². The molecule has 11 heteroatoms. The number of hydrogen-bond donors (Lipinski definition) is 2. The molecule has 0 aliphatic carbocycles. The van der Waals surface area contributed by atoms with Crippen LogP contribution in [0.3, 0.4) is 0 Å². The minimum Gasteiger partial charge on any atom is -0.449 e. The molecule has 1 aromatic carbocycles. The summed E-state index contributed by atoms with van der Waals surface area (Å²) in [6.45, 7) is 2.78. The van der Waals surface area contributed by atoms with E-state index in [9.17, 15) is 22.8 Å². The number of carbonyl (C=O) groups is 3. The molecule has 0 bridgehead atoms. The lowest BCUT2D eigenvalue weighted by Crippen LogP contribution is -2.43. The van der Waals surface area contributed by atoms with Gasteiger partial charge in [0.15, 0.2) is 6.10 Å². The van der Waals surface area contributed by atoms with Gasteiger partial charge in [0.25, 0.3) is 5.91 Å². The molecule has 0 saturated carbocycles. The summed E-state index contributed by atoms with van der Waals surface area (Å²) in [5, 5.41) is 4.25. The molecule has 0 aromatic heterocycles. The first kappa shape index (κ1) is 22.6. The lowest BCUT2D eigenvalue weighted by Gasteiger charge is -2.22. The van der Waals surface area contributed by atoms with Crippen molar-refractivity contribution in [3.05, 3.63) is 23.8 Å². The first-order valence-corrected chi connectivity index (χ1v) is 10.6. The zero-order valence-corrected chi connectivity index (χ0v) is 17.7. The highest BCUT2D eigenvalue weighted by molar-refractivity contribution is 7.89. The number of rotatable bonds is 6. The normalized spacial score (nSPS) is 15.1. The Balaban J connectivity index is 2.35. The van der Waals surface area contributed by atoms with Gasteiger partial charge in [-0.15, -0.1) is 0 Å². The molecule has 1 fully saturated rings. The number of urea groups is 1. The summed E-state index contributed by atoms with van der Waals surface area (Å²) in [7, 11) is 0.375. The van der Waals surface area contributed by atoms with Gasteiger partial charge in [-0.2, -0.15) is 0 Å². The molecule has 2 rings (SSSR count). The molecule has 0 radical (unpaired) electrons. The van der Waals surface area contributed by atoms with Gasteiger partial charge in [-0.1, -0.05) is 0 Å². The van der Waals surface area contributed by atoms with Gasteiger partial charge < -0.3 is 15.0 Å². The molecule has 1 saturated heterocycles. The molecular weight excluding hydrogens is 400 g/mol. The SMILES string of the molecule is CNC(=O)NC(=O)C(C)OC(=O)c1cc(S(=O)(=O)N(C)C)ccc1N1CCCC1. The van der Waals surface area contributed by atoms with E-state index in [1.807, 2.05) is 10.2 Å². The fourth-order valence-electron chi connectivity index (χ4n) is 2.84. The molecular formula is C18H26N4O6S. The lowest BCUT2D eigenvalue weighted by molar-refractivity contribution is -0.127. The quantitative estimate of drug-likeness (QED) is 0.636. The predicted octanol–water partition coefficient (Wildman–Crippen LogP) is 0.538. The predicted molar refractivity (Wildman–Crippen MR) is 106 cm³/mol. The Bertz CT molecular complexity index is 894. The number of anilines is 1. The fourth-order valence-corrected chi connectivity index (χ4v) is 3.77. The highest BCUT2D eigenvalue weighted by Crippen LogP contribution is 2.29. The summed E-state index contributed by atoms with van der Waals surface area (Å²) in [5.74, 6) is -1.64. The smallest absolute Gasteiger partial charge is 0.341 e. The molecule has 29 heavy (non-hydrogen) atoms. The monoisotopic (exact) mass is 426 g/mol. The van der Waals surface area contributed by atoms with Crippen molar-refractivity contribution in [3.8, 4) is 0 Å². The van der Waals surface area contributed by atoms with Crippen molar-refractivity contribution in [2.75, 3.05) is 39.1 Å². The van der Waals surface area contributed by atoms with Crippen LogP contribution in [-0.2, 0) is 19.6 Å². The molecule has 1 heterocycles. The van der Waals surface area contributed by atoms with E-state index in [0.717, 1.165) is 30.2 Å². The number of hydrogen-bond acceptors (Lipinski definition) is 7. The van der Waals surface area contributed by atoms with Gasteiger partial charge >= 0.3 is 12.0 Å². The molecule has 10 nitrogen and oxygen atoms in total. The lowest BCUT2D eigenvalue weighted by atomic mass is 10.1. The second-order valence-corrected chi connectivity index (χ2v) is 8.93. The van der Waals surface area contributed by atoms with Gasteiger partial charge in [-0.25, -0.2) is 22.3 Å². The second-order valence-electron chi connectivity index (χ2n) is 6.78. The molecule has 1 atom stereocenters. The largest absolute Gasteiger partial charge is 0.449 e. The third-order valence-corrected chi connectivity index (χ3v) is 6.34. The first-order chi connectivity index (χ1) is 13.6. The number of nitrogens with zero attached hydrogens (tertiary/aromatic N) is 2. The Morgan fingerprint density at radius 2 is 1.79 bits per heavy atom. The van der Waals surface area contributed by atoms with Crippen molar-refractivity contribution in [1.82, 2.24) is 14.9 Å². The summed E-state index contributed by atoms with van der Waals surface area (Å²) in [6.07, 6.45) is 0.661. The van der Waals surface area contributed by atoms with Crippen LogP contribution in [0.4, 0.5) is 10.5 Å². The third kappa shape index (κ3) is 5.24. The molecule has 1 aromatic rings. The van der Waals surface area contributed by atoms with Crippen LogP contribution in [0, 0.1) is 0 Å². The molecule has 1 aliphatic rings. The van der Waals surface area contributed by atoms with E-state index in [2.05, 4.69) is 5.32 Å². The number of nitrogens with one attached hydrogen (secondary N) is 2. The van der Waals surface area contributed by atoms with E-state index >= 15 is 0 Å². The molecule has 2 N–H and O–H groups in total. The van der Waals surface area contributed by atoms with Crippen molar-refractivity contribution in [3.63, 3.8) is 0 Å². The van der Waals surface area contributed by atoms with E-state index in [1.54, 1.807) is 6.07 Å². The third-order valence-electron chi connectivity index (χ3n) is 4.53. The van der Waals surface area contributed by atoms with E-state index in [0.29, 0.717) is 5.69 Å². The number of ether oxygens (including phenoxy) is 1. The zero-order valence-electron chi connectivity index (χ0n) is 16.9. The maximum atomic E-state index is 12.8. The zero-order chi connectivity index (χ0) is 21.8. The Kier molecular flexibility index (Phi) is 7.20. The van der Waals surface area contributed by atoms with Gasteiger partial charge in [0.1, 0.15) is 0 Å². The standard InChI is InChI=1S/C18H26N4O6S/c1-12(16(23)20-18(25)19-2)28-17(24)14-11-13(29(26,27)21(3)4)7-8-15(14)22-9-5-6-10-22/h7-8,11-12H,5-6,9-10H2,1-4H3,(H2,19,20,23,25). The van der Waals surface area contributed by atoms with E-state index in [-0.39, 0.29) is 10.5 Å². The average molecular weight is 426 g/mol. The van der Waals surface area contributed by atoms with Gasteiger partial charge in [-0.05, 0) is 38.0 Å². The number of sulfonamides is 1. The number of esters is 1. The van der Waals surface area contributed by atoms with E-state index < -0.39 is 34.0 Å². The number of amides is 3. The summed E-state index contributed by atoms with van der Waals surface area (Å²) in [6, 6.07) is 3.55. The minimum atomic E-state index is -3.76. The van der Waals surface area contributed by atoms with E-state index in [1.165, 1.54) is 40.2 Å². The van der Waals surface area contributed by atoms with Crippen LogP contribution in [0.2, 0.25) is 0 Å². The van der Waals surface area contributed by atoms with Crippen LogP contribution in [-0.4, -0.2) is 71.0 Å². The molecule has 1 aliphatic heterocycles. The van der Waals surface area contributed by atoms with Crippen LogP contribution in [0.15, 0.2) is 23.1 Å². The topological polar surface area (TPSA) is 125 Å². The van der Waals surface area contributed by atoms with Crippen LogP contribution in [0.5, 0.6) is 0 Å². The second kappa shape index (κ2) is 9.23. The molecule has 3 amide bonds. The first-order valence-electron chi connectivity index (χ1n) is 9.13. The summed E-state index contributed by atoms with van der Waals surface area (Å²) >= 11 is 0. The van der Waals surface area contributed by atoms with Crippen LogP contribution in [0.25, 0.3) is 0 Å². The number of benzene rings is 1. The summed E-state index contributed by atoms with van der Waals surface area (Å²) < 4.78 is 31.2.